The van der Waals surface area contributed by atoms with Crippen LogP contribution in [0.3, 0.4) is 0 Å². The molecule has 0 saturated carbocycles. The Morgan fingerprint density at radius 3 is 1.78 bits per heavy atom. The van der Waals surface area contributed by atoms with Crippen molar-refractivity contribution in [2.45, 2.75) is 6.16 Å². The third-order valence-electron chi connectivity index (χ3n) is 5.37. The van der Waals surface area contributed by atoms with Gasteiger partial charge in [-0.1, -0.05) is 67.3 Å². The maximum Gasteiger partial charge on any atom is 0.338 e. The lowest BCUT2D eigenvalue weighted by molar-refractivity contribution is 0.0549. The van der Waals surface area contributed by atoms with E-state index in [1.54, 1.807) is 18.3 Å². The number of hydrogen-bond acceptors (Lipinski definition) is 3. The quantitative estimate of drug-likeness (QED) is 0.223. The van der Waals surface area contributed by atoms with Crippen molar-refractivity contribution in [1.82, 2.24) is 4.98 Å². The summed E-state index contributed by atoms with van der Waals surface area (Å²) in [5.74, 6) is -0.364. The molecule has 0 spiro atoms. The number of carbonyl (C=O) groups is 1. The van der Waals surface area contributed by atoms with Gasteiger partial charge in [-0.05, 0) is 48.5 Å². The molecule has 0 saturated heterocycles. The molecule has 4 aromatic rings. The van der Waals surface area contributed by atoms with Crippen LogP contribution >= 0.6 is 7.26 Å². The molecule has 0 bridgehead atoms. The standard InChI is InChI=1S/C28H25NO2P/c1-2-20-31-28(30)23-18-19-29-24(21-23)22-32(25-12-6-3-7-13-25,26-14-8-4-9-15-26)27-16-10-5-11-17-27/h2-19,21H,1,20,22H2/q+1. The van der Waals surface area contributed by atoms with Crippen LogP contribution in [0, 0.1) is 0 Å². The van der Waals surface area contributed by atoms with Crippen LogP contribution in [0.5, 0.6) is 0 Å². The fourth-order valence-corrected chi connectivity index (χ4v) is 8.07. The summed E-state index contributed by atoms with van der Waals surface area (Å²) in [5, 5.41) is 3.83. The maximum atomic E-state index is 12.4. The zero-order chi connectivity index (χ0) is 22.2. The third-order valence-corrected chi connectivity index (χ3v) is 9.71. The summed E-state index contributed by atoms with van der Waals surface area (Å²) in [6.07, 6.45) is 3.96. The highest BCUT2D eigenvalue weighted by Crippen LogP contribution is 2.57. The van der Waals surface area contributed by atoms with Gasteiger partial charge >= 0.3 is 5.97 Å². The van der Waals surface area contributed by atoms with Gasteiger partial charge in [0.05, 0.1) is 11.3 Å². The Bertz CT molecular complexity index is 1080. The van der Waals surface area contributed by atoms with Crippen LogP contribution < -0.4 is 15.9 Å². The molecule has 0 aliphatic carbocycles. The first-order valence-electron chi connectivity index (χ1n) is 10.5. The second kappa shape index (κ2) is 10.2. The van der Waals surface area contributed by atoms with Gasteiger partial charge in [0, 0.05) is 6.20 Å². The van der Waals surface area contributed by atoms with Crippen LogP contribution in [-0.2, 0) is 10.9 Å². The van der Waals surface area contributed by atoms with Crippen LogP contribution in [0.1, 0.15) is 16.1 Å². The number of esters is 1. The number of rotatable bonds is 8. The van der Waals surface area contributed by atoms with Gasteiger partial charge in [-0.2, -0.15) is 0 Å². The fourth-order valence-electron chi connectivity index (χ4n) is 3.92. The first-order chi connectivity index (χ1) is 15.7. The normalized spacial score (nSPS) is 11.0. The summed E-state index contributed by atoms with van der Waals surface area (Å²) in [6.45, 7) is 3.79. The second-order valence-electron chi connectivity index (χ2n) is 7.40. The number of pyridine rings is 1. The highest BCUT2D eigenvalue weighted by atomic mass is 31.2. The van der Waals surface area contributed by atoms with E-state index in [4.69, 9.17) is 4.74 Å². The summed E-state index contributed by atoms with van der Waals surface area (Å²) >= 11 is 0. The van der Waals surface area contributed by atoms with Gasteiger partial charge in [0.1, 0.15) is 35.9 Å². The molecule has 0 aliphatic heterocycles. The molecule has 4 heteroatoms. The first kappa shape index (κ1) is 21.7. The second-order valence-corrected chi connectivity index (χ2v) is 10.9. The largest absolute Gasteiger partial charge is 0.458 e. The molecule has 1 aromatic heterocycles. The molecular formula is C28H25NO2P+. The summed E-state index contributed by atoms with van der Waals surface area (Å²) < 4.78 is 5.24. The van der Waals surface area contributed by atoms with E-state index >= 15 is 0 Å². The van der Waals surface area contributed by atoms with Gasteiger partial charge in [0.15, 0.2) is 0 Å². The third kappa shape index (κ3) is 4.54. The number of carbonyl (C=O) groups excluding carboxylic acids is 1. The molecule has 32 heavy (non-hydrogen) atoms. The minimum Gasteiger partial charge on any atom is -0.458 e. The molecule has 0 amide bonds. The number of hydrogen-bond donors (Lipinski definition) is 0. The predicted molar refractivity (Wildman–Crippen MR) is 134 cm³/mol. The topological polar surface area (TPSA) is 39.2 Å². The van der Waals surface area contributed by atoms with Crippen molar-refractivity contribution in [3.05, 3.63) is 133 Å². The highest BCUT2D eigenvalue weighted by molar-refractivity contribution is 7.95. The van der Waals surface area contributed by atoms with Crippen molar-refractivity contribution < 1.29 is 9.53 Å². The molecule has 0 aliphatic rings. The molecule has 0 N–H and O–H groups in total. The van der Waals surface area contributed by atoms with Crippen LogP contribution in [0.2, 0.25) is 0 Å². The Morgan fingerprint density at radius 1 is 0.812 bits per heavy atom. The molecule has 0 atom stereocenters. The fraction of sp³-hybridized carbons (Fsp3) is 0.0714. The van der Waals surface area contributed by atoms with Gasteiger partial charge in [-0.3, -0.25) is 4.98 Å². The molecule has 0 unspecified atom stereocenters. The summed E-state index contributed by atoms with van der Waals surface area (Å²) in [6, 6.07) is 35.5. The van der Waals surface area contributed by atoms with Gasteiger partial charge in [-0.15, -0.1) is 0 Å². The Kier molecular flexibility index (Phi) is 6.89. The van der Waals surface area contributed by atoms with Crippen LogP contribution in [-0.4, -0.2) is 17.6 Å². The van der Waals surface area contributed by atoms with Gasteiger partial charge < -0.3 is 4.74 Å². The van der Waals surface area contributed by atoms with E-state index in [9.17, 15) is 4.79 Å². The van der Waals surface area contributed by atoms with E-state index < -0.39 is 7.26 Å². The number of aromatic nitrogens is 1. The van der Waals surface area contributed by atoms with Crippen LogP contribution in [0.4, 0.5) is 0 Å². The number of nitrogens with zero attached hydrogens (tertiary/aromatic N) is 1. The molecule has 3 aromatic carbocycles. The van der Waals surface area contributed by atoms with Crippen LogP contribution in [0.25, 0.3) is 0 Å². The lowest BCUT2D eigenvalue weighted by atomic mass is 10.2. The maximum absolute atomic E-state index is 12.4. The average Bonchev–Trinajstić information content (AvgIpc) is 2.87. The van der Waals surface area contributed by atoms with Crippen molar-refractivity contribution in [3.63, 3.8) is 0 Å². The number of ether oxygens (including phenoxy) is 1. The predicted octanol–water partition coefficient (Wildman–Crippen LogP) is 4.92. The molecular weight excluding hydrogens is 413 g/mol. The summed E-state index contributed by atoms with van der Waals surface area (Å²) in [4.78, 5) is 17.1. The average molecular weight is 438 g/mol. The molecule has 0 radical (unpaired) electrons. The monoisotopic (exact) mass is 438 g/mol. The Labute approximate surface area is 189 Å². The Hall–Kier alpha value is -3.55. The summed E-state index contributed by atoms with van der Waals surface area (Å²) in [7, 11) is -2.08. The lowest BCUT2D eigenvalue weighted by Crippen LogP contribution is -2.32. The first-order valence-corrected chi connectivity index (χ1v) is 12.5. The lowest BCUT2D eigenvalue weighted by Gasteiger charge is -2.27. The Morgan fingerprint density at radius 2 is 1.31 bits per heavy atom. The zero-order valence-electron chi connectivity index (χ0n) is 17.8. The molecule has 158 valence electrons. The van der Waals surface area contributed by atoms with Crippen molar-refractivity contribution in [2.24, 2.45) is 0 Å². The van der Waals surface area contributed by atoms with E-state index in [0.29, 0.717) is 11.7 Å². The van der Waals surface area contributed by atoms with Gasteiger partial charge in [-0.25, -0.2) is 4.79 Å². The Balaban J connectivity index is 1.88. The van der Waals surface area contributed by atoms with E-state index in [-0.39, 0.29) is 12.6 Å². The van der Waals surface area contributed by atoms with E-state index in [2.05, 4.69) is 84.4 Å². The summed E-state index contributed by atoms with van der Waals surface area (Å²) in [5.41, 5.74) is 1.37. The van der Waals surface area contributed by atoms with E-state index in [0.717, 1.165) is 5.69 Å². The van der Waals surface area contributed by atoms with Crippen molar-refractivity contribution in [2.75, 3.05) is 6.61 Å². The zero-order valence-corrected chi connectivity index (χ0v) is 18.7. The van der Waals surface area contributed by atoms with Crippen molar-refractivity contribution in [3.8, 4) is 0 Å². The molecule has 1 heterocycles. The van der Waals surface area contributed by atoms with Crippen molar-refractivity contribution in [1.29, 1.82) is 0 Å². The van der Waals surface area contributed by atoms with E-state index in [1.165, 1.54) is 15.9 Å². The molecule has 0 fully saturated rings. The van der Waals surface area contributed by atoms with E-state index in [1.807, 2.05) is 24.3 Å². The van der Waals surface area contributed by atoms with Crippen LogP contribution in [0.15, 0.2) is 122 Å². The minimum atomic E-state index is -2.08. The smallest absolute Gasteiger partial charge is 0.338 e. The SMILES string of the molecule is C=CCOC(=O)c1ccnc(C[P+](c2ccccc2)(c2ccccc2)c2ccccc2)c1. The molecule has 3 nitrogen and oxygen atoms in total. The molecule has 4 rings (SSSR count). The van der Waals surface area contributed by atoms with Gasteiger partial charge in [0.2, 0.25) is 0 Å². The highest BCUT2D eigenvalue weighted by Gasteiger charge is 2.45. The van der Waals surface area contributed by atoms with Crippen molar-refractivity contribution >= 4 is 29.1 Å². The van der Waals surface area contributed by atoms with Gasteiger partial charge in [0.25, 0.3) is 0 Å². The minimum absolute atomic E-state index is 0.186. The number of benzene rings is 3.